The molecule has 0 bridgehead atoms. The molecule has 0 aliphatic carbocycles. The summed E-state index contributed by atoms with van der Waals surface area (Å²) < 4.78 is 15.6. The van der Waals surface area contributed by atoms with E-state index in [1.807, 2.05) is 6.07 Å². The Morgan fingerprint density at radius 1 is 1.40 bits per heavy atom. The number of nitrogens with zero attached hydrogens (tertiary/aromatic N) is 1. The number of benzene rings is 1. The average molecular weight is 273 g/mol. The van der Waals surface area contributed by atoms with Crippen molar-refractivity contribution in [3.63, 3.8) is 0 Å². The highest BCUT2D eigenvalue weighted by molar-refractivity contribution is 6.06. The van der Waals surface area contributed by atoms with Gasteiger partial charge in [0.1, 0.15) is 6.61 Å². The number of methoxy groups -OCH3 is 1. The van der Waals surface area contributed by atoms with E-state index in [1.165, 1.54) is 0 Å². The lowest BCUT2D eigenvalue weighted by Gasteiger charge is -2.09. The molecule has 0 fully saturated rings. The third kappa shape index (κ3) is 3.06. The molecule has 0 radical (unpaired) electrons. The molecule has 1 aromatic carbocycles. The summed E-state index contributed by atoms with van der Waals surface area (Å²) in [6.45, 7) is 5.62. The summed E-state index contributed by atoms with van der Waals surface area (Å²) in [5.41, 5.74) is 1.04. The maximum Gasteiger partial charge on any atom is 0.363 e. The van der Waals surface area contributed by atoms with Crippen molar-refractivity contribution in [3.05, 3.63) is 42.1 Å². The van der Waals surface area contributed by atoms with Crippen molar-refractivity contribution >= 4 is 17.9 Å². The van der Waals surface area contributed by atoms with Gasteiger partial charge in [0.05, 0.1) is 7.11 Å². The van der Waals surface area contributed by atoms with Gasteiger partial charge in [0, 0.05) is 6.92 Å². The van der Waals surface area contributed by atoms with Crippen molar-refractivity contribution in [2.75, 3.05) is 13.7 Å². The zero-order valence-corrected chi connectivity index (χ0v) is 11.4. The molecule has 0 atom stereocenters. The molecule has 5 heteroatoms. The topological polar surface area (TPSA) is 57.1 Å². The highest BCUT2D eigenvalue weighted by Gasteiger charge is 2.19. The molecule has 1 aliphatic rings. The Balaban J connectivity index is 2.28. The van der Waals surface area contributed by atoms with E-state index in [9.17, 15) is 4.79 Å². The summed E-state index contributed by atoms with van der Waals surface area (Å²) in [5, 5.41) is 0. The summed E-state index contributed by atoms with van der Waals surface area (Å²) in [5.74, 6) is 1.09. The van der Waals surface area contributed by atoms with Crippen LogP contribution in [0.3, 0.4) is 0 Å². The Morgan fingerprint density at radius 2 is 2.20 bits per heavy atom. The van der Waals surface area contributed by atoms with E-state index in [2.05, 4.69) is 11.6 Å². The van der Waals surface area contributed by atoms with Crippen LogP contribution < -0.4 is 9.47 Å². The van der Waals surface area contributed by atoms with Crippen molar-refractivity contribution < 1.29 is 19.0 Å². The number of cyclic esters (lactones) is 1. The molecule has 0 unspecified atom stereocenters. The fourth-order valence-corrected chi connectivity index (χ4v) is 1.72. The van der Waals surface area contributed by atoms with Gasteiger partial charge < -0.3 is 14.2 Å². The molecule has 5 nitrogen and oxygen atoms in total. The zero-order valence-electron chi connectivity index (χ0n) is 11.4. The van der Waals surface area contributed by atoms with Gasteiger partial charge in [0.2, 0.25) is 0 Å². The minimum atomic E-state index is -0.451. The third-order valence-electron chi connectivity index (χ3n) is 2.58. The van der Waals surface area contributed by atoms with Crippen LogP contribution in [0.5, 0.6) is 11.5 Å². The van der Waals surface area contributed by atoms with Gasteiger partial charge in [0.25, 0.3) is 0 Å². The Hall–Kier alpha value is -2.56. The maximum atomic E-state index is 11.5. The summed E-state index contributed by atoms with van der Waals surface area (Å²) in [4.78, 5) is 15.5. The Bertz CT molecular complexity index is 602. The van der Waals surface area contributed by atoms with Crippen molar-refractivity contribution in [3.8, 4) is 11.5 Å². The summed E-state index contributed by atoms with van der Waals surface area (Å²) in [7, 11) is 1.55. The molecule has 0 aromatic heterocycles. The Labute approximate surface area is 117 Å². The van der Waals surface area contributed by atoms with Crippen LogP contribution in [0.4, 0.5) is 0 Å². The van der Waals surface area contributed by atoms with Gasteiger partial charge in [-0.1, -0.05) is 18.7 Å². The number of ether oxygens (including phenoxy) is 3. The summed E-state index contributed by atoms with van der Waals surface area (Å²) in [6, 6.07) is 5.35. The predicted molar refractivity (Wildman–Crippen MR) is 75.9 cm³/mol. The average Bonchev–Trinajstić information content (AvgIpc) is 2.75. The van der Waals surface area contributed by atoms with Crippen LogP contribution in [0.15, 0.2) is 41.5 Å². The second kappa shape index (κ2) is 6.06. The summed E-state index contributed by atoms with van der Waals surface area (Å²) in [6.07, 6.45) is 3.29. The van der Waals surface area contributed by atoms with Crippen molar-refractivity contribution in [2.24, 2.45) is 4.99 Å². The van der Waals surface area contributed by atoms with E-state index in [0.717, 1.165) is 5.56 Å². The minimum Gasteiger partial charge on any atom is -0.493 e. The monoisotopic (exact) mass is 273 g/mol. The molecule has 0 saturated carbocycles. The summed E-state index contributed by atoms with van der Waals surface area (Å²) >= 11 is 0. The molecule has 1 aromatic rings. The van der Waals surface area contributed by atoms with Gasteiger partial charge >= 0.3 is 5.97 Å². The van der Waals surface area contributed by atoms with Crippen LogP contribution in [-0.2, 0) is 9.53 Å². The second-order valence-electron chi connectivity index (χ2n) is 4.06. The lowest BCUT2D eigenvalue weighted by Crippen LogP contribution is -2.00. The first-order valence-electron chi connectivity index (χ1n) is 6.05. The van der Waals surface area contributed by atoms with Gasteiger partial charge in [-0.25, -0.2) is 9.79 Å². The van der Waals surface area contributed by atoms with Crippen LogP contribution in [-0.4, -0.2) is 25.6 Å². The van der Waals surface area contributed by atoms with E-state index in [-0.39, 0.29) is 5.70 Å². The quantitative estimate of drug-likeness (QED) is 0.470. The Morgan fingerprint density at radius 3 is 2.80 bits per heavy atom. The molecule has 2 rings (SSSR count). The largest absolute Gasteiger partial charge is 0.493 e. The van der Waals surface area contributed by atoms with Gasteiger partial charge in [-0.05, 0) is 23.8 Å². The minimum absolute atomic E-state index is 0.268. The lowest BCUT2D eigenvalue weighted by molar-refractivity contribution is -0.130. The van der Waals surface area contributed by atoms with Crippen molar-refractivity contribution in [1.82, 2.24) is 0 Å². The first kappa shape index (κ1) is 13.9. The van der Waals surface area contributed by atoms with Crippen LogP contribution in [0.2, 0.25) is 0 Å². The standard InChI is InChI=1S/C15H15NO4/c1-4-7-19-13-6-5-11(9-14(13)18-3)8-12-15(17)20-10(2)16-12/h4-6,8-9H,1,7H2,2-3H3. The molecule has 0 N–H and O–H groups in total. The number of esters is 1. The van der Waals surface area contributed by atoms with Gasteiger partial charge in [-0.15, -0.1) is 0 Å². The van der Waals surface area contributed by atoms with Gasteiger partial charge in [-0.2, -0.15) is 0 Å². The molecule has 0 amide bonds. The van der Waals surface area contributed by atoms with Crippen molar-refractivity contribution in [2.45, 2.75) is 6.92 Å². The van der Waals surface area contributed by atoms with E-state index in [0.29, 0.717) is 24.0 Å². The predicted octanol–water partition coefficient (Wildman–Crippen LogP) is 2.58. The van der Waals surface area contributed by atoms with E-state index in [1.54, 1.807) is 38.3 Å². The number of carbonyl (C=O) groups is 1. The van der Waals surface area contributed by atoms with E-state index < -0.39 is 5.97 Å². The van der Waals surface area contributed by atoms with E-state index >= 15 is 0 Å². The number of hydrogen-bond donors (Lipinski definition) is 0. The normalized spacial score (nSPS) is 15.8. The molecule has 20 heavy (non-hydrogen) atoms. The second-order valence-corrected chi connectivity index (χ2v) is 4.06. The smallest absolute Gasteiger partial charge is 0.363 e. The fraction of sp³-hybridized carbons (Fsp3) is 0.200. The number of rotatable bonds is 5. The van der Waals surface area contributed by atoms with Gasteiger partial charge in [-0.3, -0.25) is 0 Å². The molecule has 0 saturated heterocycles. The van der Waals surface area contributed by atoms with Crippen molar-refractivity contribution in [1.29, 1.82) is 0 Å². The molecule has 1 aliphatic heterocycles. The molecule has 1 heterocycles. The highest BCUT2D eigenvalue weighted by atomic mass is 16.6. The molecular formula is C15H15NO4. The van der Waals surface area contributed by atoms with Crippen LogP contribution in [0.1, 0.15) is 12.5 Å². The molecular weight excluding hydrogens is 258 g/mol. The number of hydrogen-bond acceptors (Lipinski definition) is 5. The third-order valence-corrected chi connectivity index (χ3v) is 2.58. The lowest BCUT2D eigenvalue weighted by atomic mass is 10.1. The molecule has 0 spiro atoms. The molecule has 104 valence electrons. The fourth-order valence-electron chi connectivity index (χ4n) is 1.72. The first-order chi connectivity index (χ1) is 9.63. The number of carbonyl (C=O) groups excluding carboxylic acids is 1. The van der Waals surface area contributed by atoms with Crippen LogP contribution in [0, 0.1) is 0 Å². The highest BCUT2D eigenvalue weighted by Crippen LogP contribution is 2.29. The van der Waals surface area contributed by atoms with Crippen LogP contribution in [0.25, 0.3) is 6.08 Å². The number of aliphatic imine (C=N–C) groups is 1. The zero-order chi connectivity index (χ0) is 14.5. The van der Waals surface area contributed by atoms with Crippen LogP contribution >= 0.6 is 0 Å². The van der Waals surface area contributed by atoms with Gasteiger partial charge in [0.15, 0.2) is 23.1 Å². The Kier molecular flexibility index (Phi) is 4.20. The first-order valence-corrected chi connectivity index (χ1v) is 6.05. The maximum absolute atomic E-state index is 11.5. The SMILES string of the molecule is C=CCOc1ccc(C=C2N=C(C)OC2=O)cc1OC. The van der Waals surface area contributed by atoms with E-state index in [4.69, 9.17) is 14.2 Å².